The number of alkyl halides is 2. The van der Waals surface area contributed by atoms with Crippen LogP contribution in [0.4, 0.5) is 8.78 Å². The number of carbonyl (C=O) groups is 2. The molecule has 0 N–H and O–H groups in total. The minimum Gasteiger partial charge on any atom is -0.469 e. The van der Waals surface area contributed by atoms with Crippen molar-refractivity contribution < 1.29 is 23.1 Å². The molecule has 0 aromatic rings. The van der Waals surface area contributed by atoms with Gasteiger partial charge in [0.1, 0.15) is 0 Å². The molecule has 0 atom stereocenters. The summed E-state index contributed by atoms with van der Waals surface area (Å²) in [5, 5.41) is 0. The maximum Gasteiger partial charge on any atom is 0.305 e. The predicted molar refractivity (Wildman–Crippen MR) is 36.9 cm³/mol. The maximum absolute atomic E-state index is 12.2. The highest BCUT2D eigenvalue weighted by atomic mass is 19.3. The van der Waals surface area contributed by atoms with Crippen molar-refractivity contribution in [2.45, 2.75) is 25.2 Å². The highest BCUT2D eigenvalue weighted by molar-refractivity contribution is 5.69. The standard InChI is InChI=1S/C7H10F2O3/c1-12-6(11)3-2-4-7(8,9)5-10/h5H,2-4H2,1H3. The van der Waals surface area contributed by atoms with E-state index >= 15 is 0 Å². The van der Waals surface area contributed by atoms with Crippen molar-refractivity contribution in [2.75, 3.05) is 7.11 Å². The smallest absolute Gasteiger partial charge is 0.305 e. The van der Waals surface area contributed by atoms with Crippen LogP contribution in [0.25, 0.3) is 0 Å². The quantitative estimate of drug-likeness (QED) is 0.471. The summed E-state index contributed by atoms with van der Waals surface area (Å²) in [6.07, 6.45) is -1.14. The summed E-state index contributed by atoms with van der Waals surface area (Å²) in [4.78, 5) is 20.1. The van der Waals surface area contributed by atoms with Crippen LogP contribution in [-0.4, -0.2) is 25.3 Å². The SMILES string of the molecule is COC(=O)CCCC(F)(F)C=O. The predicted octanol–water partition coefficient (Wildman–Crippen LogP) is 1.16. The summed E-state index contributed by atoms with van der Waals surface area (Å²) >= 11 is 0. The fraction of sp³-hybridized carbons (Fsp3) is 0.714. The normalized spacial score (nSPS) is 10.9. The van der Waals surface area contributed by atoms with Crippen LogP contribution in [0.5, 0.6) is 0 Å². The average molecular weight is 180 g/mol. The molecule has 0 unspecified atom stereocenters. The molecule has 0 fully saturated rings. The molecular weight excluding hydrogens is 170 g/mol. The van der Waals surface area contributed by atoms with Gasteiger partial charge in [-0.25, -0.2) is 0 Å². The summed E-state index contributed by atoms with van der Waals surface area (Å²) < 4.78 is 28.6. The van der Waals surface area contributed by atoms with Gasteiger partial charge in [-0.05, 0) is 6.42 Å². The first-order valence-corrected chi connectivity index (χ1v) is 3.43. The maximum atomic E-state index is 12.2. The van der Waals surface area contributed by atoms with Crippen LogP contribution in [0.1, 0.15) is 19.3 Å². The molecule has 12 heavy (non-hydrogen) atoms. The lowest BCUT2D eigenvalue weighted by Crippen LogP contribution is -2.17. The van der Waals surface area contributed by atoms with Gasteiger partial charge in [0, 0.05) is 12.8 Å². The molecule has 0 spiro atoms. The molecule has 0 aromatic heterocycles. The van der Waals surface area contributed by atoms with Gasteiger partial charge in [-0.3, -0.25) is 9.59 Å². The van der Waals surface area contributed by atoms with Crippen LogP contribution in [0.15, 0.2) is 0 Å². The molecule has 0 saturated heterocycles. The van der Waals surface area contributed by atoms with Gasteiger partial charge < -0.3 is 4.74 Å². The summed E-state index contributed by atoms with van der Waals surface area (Å²) in [7, 11) is 1.18. The highest BCUT2D eigenvalue weighted by Gasteiger charge is 2.27. The second kappa shape index (κ2) is 4.79. The Morgan fingerprint density at radius 1 is 1.58 bits per heavy atom. The van der Waals surface area contributed by atoms with E-state index in [-0.39, 0.29) is 12.8 Å². The second-order valence-corrected chi connectivity index (χ2v) is 2.31. The lowest BCUT2D eigenvalue weighted by Gasteiger charge is -2.06. The fourth-order valence-corrected chi connectivity index (χ4v) is 0.629. The van der Waals surface area contributed by atoms with Gasteiger partial charge in [0.05, 0.1) is 7.11 Å². The van der Waals surface area contributed by atoms with Crippen LogP contribution in [0, 0.1) is 0 Å². The number of methoxy groups -OCH3 is 1. The van der Waals surface area contributed by atoms with Crippen LogP contribution in [0.2, 0.25) is 0 Å². The Morgan fingerprint density at radius 3 is 2.58 bits per heavy atom. The van der Waals surface area contributed by atoms with Crippen LogP contribution < -0.4 is 0 Å². The Kier molecular flexibility index (Phi) is 4.39. The summed E-state index contributed by atoms with van der Waals surface area (Å²) in [6.45, 7) is 0. The van der Waals surface area contributed by atoms with Gasteiger partial charge in [-0.2, -0.15) is 8.78 Å². The largest absolute Gasteiger partial charge is 0.469 e. The number of aldehydes is 1. The van der Waals surface area contributed by atoms with Gasteiger partial charge in [0.25, 0.3) is 0 Å². The molecule has 5 heteroatoms. The zero-order chi connectivity index (χ0) is 9.61. The van der Waals surface area contributed by atoms with E-state index in [2.05, 4.69) is 4.74 Å². The molecule has 70 valence electrons. The van der Waals surface area contributed by atoms with E-state index in [0.29, 0.717) is 0 Å². The summed E-state index contributed by atoms with van der Waals surface area (Å²) in [6, 6.07) is 0. The van der Waals surface area contributed by atoms with Gasteiger partial charge >= 0.3 is 11.9 Å². The summed E-state index contributed by atoms with van der Waals surface area (Å²) in [5.41, 5.74) is 0. The third kappa shape index (κ3) is 4.76. The van der Waals surface area contributed by atoms with E-state index in [1.54, 1.807) is 0 Å². The summed E-state index contributed by atoms with van der Waals surface area (Å²) in [5.74, 6) is -3.86. The van der Waals surface area contributed by atoms with E-state index in [1.807, 2.05) is 0 Å². The molecule has 0 bridgehead atoms. The Morgan fingerprint density at radius 2 is 2.17 bits per heavy atom. The minimum atomic E-state index is -3.31. The molecule has 0 aromatic carbocycles. The first-order valence-electron chi connectivity index (χ1n) is 3.43. The number of esters is 1. The molecular formula is C7H10F2O3. The zero-order valence-corrected chi connectivity index (χ0v) is 6.68. The molecule has 0 heterocycles. The minimum absolute atomic E-state index is 0.0432. The average Bonchev–Trinajstić information content (AvgIpc) is 2.04. The Labute approximate surface area is 68.7 Å². The molecule has 0 saturated carbocycles. The van der Waals surface area contributed by atoms with Crippen molar-refractivity contribution in [1.82, 2.24) is 0 Å². The van der Waals surface area contributed by atoms with Crippen molar-refractivity contribution in [3.8, 4) is 0 Å². The van der Waals surface area contributed by atoms with Crippen LogP contribution in [-0.2, 0) is 14.3 Å². The lowest BCUT2D eigenvalue weighted by molar-refractivity contribution is -0.141. The van der Waals surface area contributed by atoms with Crippen molar-refractivity contribution >= 4 is 12.3 Å². The van der Waals surface area contributed by atoms with Crippen molar-refractivity contribution in [1.29, 1.82) is 0 Å². The topological polar surface area (TPSA) is 43.4 Å². The van der Waals surface area contributed by atoms with E-state index in [1.165, 1.54) is 7.11 Å². The van der Waals surface area contributed by atoms with Gasteiger partial charge in [-0.15, -0.1) is 0 Å². The highest BCUT2D eigenvalue weighted by Crippen LogP contribution is 2.18. The number of ether oxygens (including phenoxy) is 1. The third-order valence-electron chi connectivity index (χ3n) is 1.29. The third-order valence-corrected chi connectivity index (χ3v) is 1.29. The lowest BCUT2D eigenvalue weighted by atomic mass is 10.1. The zero-order valence-electron chi connectivity index (χ0n) is 6.68. The van der Waals surface area contributed by atoms with Gasteiger partial charge in [0.2, 0.25) is 0 Å². The number of hydrogen-bond donors (Lipinski definition) is 0. The molecule has 3 nitrogen and oxygen atoms in total. The molecule has 0 rings (SSSR count). The number of rotatable bonds is 5. The van der Waals surface area contributed by atoms with Crippen molar-refractivity contribution in [3.63, 3.8) is 0 Å². The van der Waals surface area contributed by atoms with E-state index in [9.17, 15) is 18.4 Å². The number of hydrogen-bond acceptors (Lipinski definition) is 3. The monoisotopic (exact) mass is 180 g/mol. The Balaban J connectivity index is 3.56. The van der Waals surface area contributed by atoms with Crippen LogP contribution in [0.3, 0.4) is 0 Å². The van der Waals surface area contributed by atoms with E-state index in [0.717, 1.165) is 0 Å². The van der Waals surface area contributed by atoms with Crippen LogP contribution >= 0.6 is 0 Å². The Hall–Kier alpha value is -1.00. The first-order chi connectivity index (χ1) is 5.52. The van der Waals surface area contributed by atoms with Gasteiger partial charge in [0.15, 0.2) is 6.29 Å². The number of carbonyl (C=O) groups excluding carboxylic acids is 2. The fourth-order valence-electron chi connectivity index (χ4n) is 0.629. The Bertz CT molecular complexity index is 168. The number of halogens is 2. The molecule has 0 radical (unpaired) electrons. The van der Waals surface area contributed by atoms with E-state index < -0.39 is 24.6 Å². The van der Waals surface area contributed by atoms with Crippen molar-refractivity contribution in [2.24, 2.45) is 0 Å². The van der Waals surface area contributed by atoms with Gasteiger partial charge in [-0.1, -0.05) is 0 Å². The molecule has 0 aliphatic heterocycles. The second-order valence-electron chi connectivity index (χ2n) is 2.31. The van der Waals surface area contributed by atoms with E-state index in [4.69, 9.17) is 0 Å². The van der Waals surface area contributed by atoms with Crippen molar-refractivity contribution in [3.05, 3.63) is 0 Å². The molecule has 0 aliphatic carbocycles. The first kappa shape index (κ1) is 11.0. The molecule has 0 aliphatic rings. The molecule has 0 amide bonds.